The molecule has 1 amide bonds. The van der Waals surface area contributed by atoms with Crippen LogP contribution in [0.2, 0.25) is 0 Å². The average Bonchev–Trinajstić information content (AvgIpc) is 3.45. The lowest BCUT2D eigenvalue weighted by Crippen LogP contribution is -2.49. The highest BCUT2D eigenvalue weighted by molar-refractivity contribution is 7.12. The van der Waals surface area contributed by atoms with Gasteiger partial charge in [-0.3, -0.25) is 14.2 Å². The average molecular weight is 521 g/mol. The molecule has 1 aliphatic heterocycles. The molecule has 1 aromatic carbocycles. The summed E-state index contributed by atoms with van der Waals surface area (Å²) in [6.45, 7) is 3.39. The Kier molecular flexibility index (Phi) is 7.00. The van der Waals surface area contributed by atoms with Crippen LogP contribution in [0.1, 0.15) is 32.5 Å². The molecule has 0 spiro atoms. The van der Waals surface area contributed by atoms with Crippen LogP contribution in [0.4, 0.5) is 10.1 Å². The summed E-state index contributed by atoms with van der Waals surface area (Å²) >= 11 is 1.38. The van der Waals surface area contributed by atoms with E-state index < -0.39 is 17.3 Å². The smallest absolute Gasteiger partial charge is 0.345 e. The number of carbonyl (C=O) groups is 2. The molecule has 190 valence electrons. The summed E-state index contributed by atoms with van der Waals surface area (Å²) in [5.74, 6) is -1.41. The molecule has 1 fully saturated rings. The first kappa shape index (κ1) is 24.6. The van der Waals surface area contributed by atoms with Crippen molar-refractivity contribution in [2.45, 2.75) is 13.5 Å². The highest BCUT2D eigenvalue weighted by Crippen LogP contribution is 2.31. The van der Waals surface area contributed by atoms with Gasteiger partial charge < -0.3 is 14.5 Å². The van der Waals surface area contributed by atoms with Gasteiger partial charge in [0.25, 0.3) is 11.5 Å². The van der Waals surface area contributed by atoms with Gasteiger partial charge in [0.05, 0.1) is 29.9 Å². The lowest BCUT2D eigenvalue weighted by Gasteiger charge is -2.37. The maximum atomic E-state index is 14.5. The predicted octanol–water partition coefficient (Wildman–Crippen LogP) is 3.78. The van der Waals surface area contributed by atoms with Crippen LogP contribution in [-0.4, -0.2) is 59.1 Å². The minimum atomic E-state index is -0.771. The number of thiophene rings is 1. The number of pyridine rings is 2. The number of anilines is 1. The van der Waals surface area contributed by atoms with Crippen molar-refractivity contribution < 1.29 is 18.7 Å². The second-order valence-corrected chi connectivity index (χ2v) is 9.55. The number of ether oxygens (including phenoxy) is 1. The summed E-state index contributed by atoms with van der Waals surface area (Å²) in [6, 6.07) is 14.2. The highest BCUT2D eigenvalue weighted by atomic mass is 32.1. The number of carbonyl (C=O) groups excluding carboxylic acids is 2. The number of piperazine rings is 1. The van der Waals surface area contributed by atoms with E-state index in [0.717, 1.165) is 11.8 Å². The second kappa shape index (κ2) is 10.5. The van der Waals surface area contributed by atoms with Gasteiger partial charge in [0.2, 0.25) is 0 Å². The molecule has 3 aromatic heterocycles. The first-order chi connectivity index (χ1) is 18.0. The van der Waals surface area contributed by atoms with E-state index in [2.05, 4.69) is 4.98 Å². The fourth-order valence-corrected chi connectivity index (χ4v) is 5.30. The molecule has 5 rings (SSSR count). The molecule has 10 heteroatoms. The molecule has 0 bridgehead atoms. The molecular formula is C27H25FN4O4S. The Labute approximate surface area is 216 Å². The zero-order valence-electron chi connectivity index (χ0n) is 20.2. The fraction of sp³-hybridized carbons (Fsp3) is 0.259. The van der Waals surface area contributed by atoms with Crippen molar-refractivity contribution in [1.82, 2.24) is 14.5 Å². The Morgan fingerprint density at radius 1 is 1.08 bits per heavy atom. The highest BCUT2D eigenvalue weighted by Gasteiger charge is 2.31. The van der Waals surface area contributed by atoms with Crippen LogP contribution in [0.15, 0.2) is 64.9 Å². The van der Waals surface area contributed by atoms with Gasteiger partial charge in [-0.2, -0.15) is 0 Å². The number of hydrogen-bond donors (Lipinski definition) is 0. The minimum Gasteiger partial charge on any atom is -0.462 e. The molecular weight excluding hydrogens is 495 g/mol. The molecule has 0 unspecified atom stereocenters. The molecule has 0 N–H and O–H groups in total. The largest absolute Gasteiger partial charge is 0.462 e. The normalized spacial score (nSPS) is 13.7. The van der Waals surface area contributed by atoms with Gasteiger partial charge in [-0.25, -0.2) is 14.2 Å². The number of aromatic nitrogens is 2. The number of rotatable bonds is 6. The number of benzene rings is 1. The van der Waals surface area contributed by atoms with Crippen LogP contribution in [0.25, 0.3) is 11.0 Å². The topological polar surface area (TPSA) is 84.7 Å². The molecule has 0 atom stereocenters. The van der Waals surface area contributed by atoms with Gasteiger partial charge in [-0.15, -0.1) is 11.3 Å². The summed E-state index contributed by atoms with van der Waals surface area (Å²) in [4.78, 5) is 48.3. The molecule has 37 heavy (non-hydrogen) atoms. The third kappa shape index (κ3) is 4.84. The standard InChI is InChI=1S/C27H25FN4O4S/c1-2-36-27(35)22-23(30-10-12-31(13-11-30)25(33)21-9-6-14-37-21)20-15-19(28)16-29-24(20)32(26(22)34)17-18-7-4-3-5-8-18/h3-9,14-16H,2,10-13,17H2,1H3. The van der Waals surface area contributed by atoms with E-state index in [1.165, 1.54) is 22.0 Å². The van der Waals surface area contributed by atoms with Crippen molar-refractivity contribution >= 4 is 39.9 Å². The molecule has 4 aromatic rings. The van der Waals surface area contributed by atoms with Crippen LogP contribution < -0.4 is 10.5 Å². The zero-order valence-corrected chi connectivity index (χ0v) is 21.0. The summed E-state index contributed by atoms with van der Waals surface area (Å²) in [5.41, 5.74) is 0.686. The first-order valence-corrected chi connectivity index (χ1v) is 12.9. The number of nitrogens with zero attached hydrogens (tertiary/aromatic N) is 4. The quantitative estimate of drug-likeness (QED) is 0.360. The lowest BCUT2D eigenvalue weighted by molar-refractivity contribution is 0.0523. The Balaban J connectivity index is 1.60. The first-order valence-electron chi connectivity index (χ1n) is 12.0. The Morgan fingerprint density at radius 3 is 2.51 bits per heavy atom. The number of hydrogen-bond acceptors (Lipinski definition) is 7. The van der Waals surface area contributed by atoms with Gasteiger partial charge in [-0.05, 0) is 30.0 Å². The van der Waals surface area contributed by atoms with Gasteiger partial charge in [0, 0.05) is 31.6 Å². The van der Waals surface area contributed by atoms with E-state index in [9.17, 15) is 18.8 Å². The maximum Gasteiger partial charge on any atom is 0.345 e. The molecule has 0 radical (unpaired) electrons. The second-order valence-electron chi connectivity index (χ2n) is 8.60. The summed E-state index contributed by atoms with van der Waals surface area (Å²) in [7, 11) is 0. The van der Waals surface area contributed by atoms with Gasteiger partial charge >= 0.3 is 5.97 Å². The number of amides is 1. The molecule has 1 saturated heterocycles. The van der Waals surface area contributed by atoms with Crippen molar-refractivity contribution in [3.63, 3.8) is 0 Å². The maximum absolute atomic E-state index is 14.5. The van der Waals surface area contributed by atoms with Crippen LogP contribution >= 0.6 is 11.3 Å². The van der Waals surface area contributed by atoms with Crippen molar-refractivity contribution in [2.24, 2.45) is 0 Å². The van der Waals surface area contributed by atoms with E-state index in [0.29, 0.717) is 36.4 Å². The van der Waals surface area contributed by atoms with E-state index in [1.807, 2.05) is 46.7 Å². The third-order valence-corrected chi connectivity index (χ3v) is 7.18. The minimum absolute atomic E-state index is 0.0592. The van der Waals surface area contributed by atoms with Gasteiger partial charge in [-0.1, -0.05) is 36.4 Å². The molecule has 8 nitrogen and oxygen atoms in total. The Morgan fingerprint density at radius 2 is 1.84 bits per heavy atom. The van der Waals surface area contributed by atoms with Crippen molar-refractivity contribution in [2.75, 3.05) is 37.7 Å². The van der Waals surface area contributed by atoms with Gasteiger partial charge in [0.15, 0.2) is 0 Å². The predicted molar refractivity (Wildman–Crippen MR) is 140 cm³/mol. The van der Waals surface area contributed by atoms with Crippen LogP contribution in [-0.2, 0) is 11.3 Å². The van der Waals surface area contributed by atoms with E-state index in [1.54, 1.807) is 17.9 Å². The van der Waals surface area contributed by atoms with E-state index in [-0.39, 0.29) is 36.0 Å². The fourth-order valence-electron chi connectivity index (χ4n) is 4.61. The summed E-state index contributed by atoms with van der Waals surface area (Å²) < 4.78 is 21.2. The van der Waals surface area contributed by atoms with Crippen molar-refractivity contribution in [3.05, 3.63) is 92.3 Å². The van der Waals surface area contributed by atoms with Crippen molar-refractivity contribution in [1.29, 1.82) is 0 Å². The molecule has 0 saturated carbocycles. The third-order valence-electron chi connectivity index (χ3n) is 6.32. The van der Waals surface area contributed by atoms with Crippen LogP contribution in [0, 0.1) is 5.82 Å². The Hall–Kier alpha value is -4.05. The Bertz CT molecular complexity index is 1500. The number of halogens is 1. The molecule has 4 heterocycles. The number of esters is 1. The zero-order chi connectivity index (χ0) is 25.9. The molecule has 1 aliphatic rings. The molecule has 0 aliphatic carbocycles. The van der Waals surface area contributed by atoms with Crippen LogP contribution in [0.5, 0.6) is 0 Å². The van der Waals surface area contributed by atoms with Gasteiger partial charge in [0.1, 0.15) is 17.0 Å². The van der Waals surface area contributed by atoms with Crippen LogP contribution in [0.3, 0.4) is 0 Å². The number of fused-ring (bicyclic) bond motifs is 1. The van der Waals surface area contributed by atoms with E-state index >= 15 is 0 Å². The summed E-state index contributed by atoms with van der Waals surface area (Å²) in [5, 5.41) is 2.20. The summed E-state index contributed by atoms with van der Waals surface area (Å²) in [6.07, 6.45) is 1.06. The lowest BCUT2D eigenvalue weighted by atomic mass is 10.1. The van der Waals surface area contributed by atoms with E-state index in [4.69, 9.17) is 4.74 Å². The van der Waals surface area contributed by atoms with Crippen molar-refractivity contribution in [3.8, 4) is 0 Å². The SMILES string of the molecule is CCOC(=O)c1c(N2CCN(C(=O)c3cccs3)CC2)c2cc(F)cnc2n(Cc2ccccc2)c1=O. The monoisotopic (exact) mass is 520 g/mol.